The predicted octanol–water partition coefficient (Wildman–Crippen LogP) is 5.51. The number of hydrogen-bond acceptors (Lipinski definition) is 3. The number of nitrogen functional groups attached to an aromatic ring is 1. The zero-order valence-electron chi connectivity index (χ0n) is 15.1. The Morgan fingerprint density at radius 3 is 2.00 bits per heavy atom. The molecule has 1 rings (SSSR count). The van der Waals surface area contributed by atoms with Gasteiger partial charge in [-0.15, -0.1) is 5.10 Å². The average molecular weight is 321 g/mol. The van der Waals surface area contributed by atoms with E-state index in [4.69, 9.17) is 5.73 Å². The standard InChI is InChI=1S/C19H36N4/c1-2-3-4-5-6-7-8-9-10-11-12-13-14-15-16-17-23-18-21-19(20)22-23/h9-10,18H,2-8,11-17H2,1H3,(H2,20,22). The minimum absolute atomic E-state index is 0.373. The Bertz CT molecular complexity index is 398. The minimum atomic E-state index is 0.373. The first-order valence-electron chi connectivity index (χ1n) is 9.63. The number of aromatic nitrogens is 3. The monoisotopic (exact) mass is 320 g/mol. The molecular weight excluding hydrogens is 284 g/mol. The van der Waals surface area contributed by atoms with Gasteiger partial charge >= 0.3 is 0 Å². The first-order chi connectivity index (χ1) is 11.3. The maximum Gasteiger partial charge on any atom is 0.239 e. The van der Waals surface area contributed by atoms with Crippen LogP contribution < -0.4 is 5.73 Å². The topological polar surface area (TPSA) is 56.7 Å². The molecule has 0 aliphatic heterocycles. The number of rotatable bonds is 15. The van der Waals surface area contributed by atoms with Crippen molar-refractivity contribution in [2.45, 2.75) is 96.9 Å². The van der Waals surface area contributed by atoms with Crippen LogP contribution in [-0.4, -0.2) is 14.8 Å². The summed E-state index contributed by atoms with van der Waals surface area (Å²) in [7, 11) is 0. The second kappa shape index (κ2) is 14.3. The molecule has 0 atom stereocenters. The van der Waals surface area contributed by atoms with E-state index in [2.05, 4.69) is 29.2 Å². The molecule has 0 aromatic carbocycles. The van der Waals surface area contributed by atoms with Crippen LogP contribution in [0.25, 0.3) is 0 Å². The Kier molecular flexibility index (Phi) is 12.3. The molecule has 1 heterocycles. The molecule has 0 aliphatic carbocycles. The van der Waals surface area contributed by atoms with Gasteiger partial charge in [0.05, 0.1) is 0 Å². The molecule has 0 saturated carbocycles. The summed E-state index contributed by atoms with van der Waals surface area (Å²) in [6.45, 7) is 3.21. The van der Waals surface area contributed by atoms with E-state index in [0.717, 1.165) is 13.0 Å². The Morgan fingerprint density at radius 1 is 0.870 bits per heavy atom. The molecule has 4 nitrogen and oxygen atoms in total. The van der Waals surface area contributed by atoms with Crippen molar-refractivity contribution in [3.63, 3.8) is 0 Å². The second-order valence-corrected chi connectivity index (χ2v) is 6.45. The van der Waals surface area contributed by atoms with E-state index in [1.165, 1.54) is 77.0 Å². The number of unbranched alkanes of at least 4 members (excludes halogenated alkanes) is 11. The van der Waals surface area contributed by atoms with Crippen LogP contribution in [0.15, 0.2) is 18.5 Å². The SMILES string of the molecule is CCCCCCCCC=CCCCCCCCn1cnc(N)n1. The average Bonchev–Trinajstić information content (AvgIpc) is 2.96. The van der Waals surface area contributed by atoms with Gasteiger partial charge in [0.15, 0.2) is 0 Å². The smallest absolute Gasteiger partial charge is 0.239 e. The number of aryl methyl sites for hydroxylation is 1. The van der Waals surface area contributed by atoms with E-state index in [0.29, 0.717) is 5.95 Å². The number of hydrogen-bond donors (Lipinski definition) is 1. The molecule has 0 unspecified atom stereocenters. The fourth-order valence-electron chi connectivity index (χ4n) is 2.76. The summed E-state index contributed by atoms with van der Waals surface area (Å²) >= 11 is 0. The lowest BCUT2D eigenvalue weighted by Gasteiger charge is -2.01. The summed E-state index contributed by atoms with van der Waals surface area (Å²) in [5, 5.41) is 4.09. The predicted molar refractivity (Wildman–Crippen MR) is 99.3 cm³/mol. The highest BCUT2D eigenvalue weighted by Crippen LogP contribution is 2.09. The fourth-order valence-corrected chi connectivity index (χ4v) is 2.76. The summed E-state index contributed by atoms with van der Waals surface area (Å²) in [5.74, 6) is 0.373. The zero-order chi connectivity index (χ0) is 16.6. The van der Waals surface area contributed by atoms with Crippen LogP contribution in [0.1, 0.15) is 90.4 Å². The summed E-state index contributed by atoms with van der Waals surface area (Å²) in [5.41, 5.74) is 5.49. The van der Waals surface area contributed by atoms with Gasteiger partial charge in [-0.05, 0) is 32.1 Å². The van der Waals surface area contributed by atoms with Gasteiger partial charge in [0.25, 0.3) is 0 Å². The van der Waals surface area contributed by atoms with E-state index in [9.17, 15) is 0 Å². The summed E-state index contributed by atoms with van der Waals surface area (Å²) < 4.78 is 1.83. The van der Waals surface area contributed by atoms with Gasteiger partial charge in [-0.25, -0.2) is 4.98 Å². The third-order valence-electron chi connectivity index (χ3n) is 4.20. The van der Waals surface area contributed by atoms with E-state index >= 15 is 0 Å². The normalized spacial score (nSPS) is 11.5. The Balaban J connectivity index is 1.78. The molecule has 23 heavy (non-hydrogen) atoms. The number of allylic oxidation sites excluding steroid dienone is 2. The number of anilines is 1. The van der Waals surface area contributed by atoms with Gasteiger partial charge in [-0.3, -0.25) is 4.68 Å². The molecule has 0 aliphatic rings. The Hall–Kier alpha value is -1.32. The van der Waals surface area contributed by atoms with Crippen LogP contribution in [0.2, 0.25) is 0 Å². The van der Waals surface area contributed by atoms with Crippen molar-refractivity contribution >= 4 is 5.95 Å². The van der Waals surface area contributed by atoms with Crippen molar-refractivity contribution in [2.75, 3.05) is 5.73 Å². The Labute approximate surface area is 142 Å². The van der Waals surface area contributed by atoms with Gasteiger partial charge < -0.3 is 5.73 Å². The molecule has 4 heteroatoms. The molecule has 1 aromatic rings. The molecule has 0 radical (unpaired) electrons. The third-order valence-corrected chi connectivity index (χ3v) is 4.20. The summed E-state index contributed by atoms with van der Waals surface area (Å²) in [6, 6.07) is 0. The highest BCUT2D eigenvalue weighted by Gasteiger charge is 1.95. The van der Waals surface area contributed by atoms with Crippen LogP contribution in [0.5, 0.6) is 0 Å². The van der Waals surface area contributed by atoms with Crippen molar-refractivity contribution in [1.82, 2.24) is 14.8 Å². The van der Waals surface area contributed by atoms with Crippen molar-refractivity contribution in [2.24, 2.45) is 0 Å². The Morgan fingerprint density at radius 2 is 1.43 bits per heavy atom. The second-order valence-electron chi connectivity index (χ2n) is 6.45. The van der Waals surface area contributed by atoms with E-state index in [-0.39, 0.29) is 0 Å². The molecule has 2 N–H and O–H groups in total. The van der Waals surface area contributed by atoms with Crippen molar-refractivity contribution < 1.29 is 0 Å². The molecule has 0 spiro atoms. The van der Waals surface area contributed by atoms with Gasteiger partial charge in [-0.1, -0.05) is 70.4 Å². The largest absolute Gasteiger partial charge is 0.367 e. The molecule has 0 fully saturated rings. The molecule has 0 amide bonds. The lowest BCUT2D eigenvalue weighted by atomic mass is 10.1. The van der Waals surface area contributed by atoms with Gasteiger partial charge in [0.1, 0.15) is 6.33 Å². The molecule has 1 aromatic heterocycles. The van der Waals surface area contributed by atoms with Crippen molar-refractivity contribution in [3.8, 4) is 0 Å². The van der Waals surface area contributed by atoms with Gasteiger partial charge in [-0.2, -0.15) is 0 Å². The van der Waals surface area contributed by atoms with Crippen molar-refractivity contribution in [3.05, 3.63) is 18.5 Å². The highest BCUT2D eigenvalue weighted by molar-refractivity contribution is 5.09. The third kappa shape index (κ3) is 11.8. The summed E-state index contributed by atoms with van der Waals surface area (Å²) in [4.78, 5) is 3.93. The molecule has 132 valence electrons. The van der Waals surface area contributed by atoms with Crippen LogP contribution in [0.3, 0.4) is 0 Å². The maximum absolute atomic E-state index is 5.49. The van der Waals surface area contributed by atoms with Crippen LogP contribution in [0.4, 0.5) is 5.95 Å². The van der Waals surface area contributed by atoms with E-state index in [1.807, 2.05) is 4.68 Å². The lowest BCUT2D eigenvalue weighted by molar-refractivity contribution is 0.530. The maximum atomic E-state index is 5.49. The first-order valence-corrected chi connectivity index (χ1v) is 9.63. The number of nitrogens with zero attached hydrogens (tertiary/aromatic N) is 3. The number of nitrogens with two attached hydrogens (primary N) is 1. The summed E-state index contributed by atoms with van der Waals surface area (Å²) in [6.07, 6.45) is 23.8. The van der Waals surface area contributed by atoms with Crippen LogP contribution in [0, 0.1) is 0 Å². The minimum Gasteiger partial charge on any atom is -0.367 e. The van der Waals surface area contributed by atoms with Crippen LogP contribution in [-0.2, 0) is 6.54 Å². The first kappa shape index (κ1) is 19.7. The molecule has 0 bridgehead atoms. The van der Waals surface area contributed by atoms with Crippen LogP contribution >= 0.6 is 0 Å². The van der Waals surface area contributed by atoms with E-state index in [1.54, 1.807) is 6.33 Å². The van der Waals surface area contributed by atoms with Gasteiger partial charge in [0, 0.05) is 6.54 Å². The van der Waals surface area contributed by atoms with E-state index < -0.39 is 0 Å². The zero-order valence-corrected chi connectivity index (χ0v) is 15.1. The molecular formula is C19H36N4. The highest BCUT2D eigenvalue weighted by atomic mass is 15.3. The fraction of sp³-hybridized carbons (Fsp3) is 0.789. The molecule has 0 saturated heterocycles. The quantitative estimate of drug-likeness (QED) is 0.342. The lowest BCUT2D eigenvalue weighted by Crippen LogP contribution is -1.99. The van der Waals surface area contributed by atoms with Gasteiger partial charge in [0.2, 0.25) is 5.95 Å². The van der Waals surface area contributed by atoms with Crippen molar-refractivity contribution in [1.29, 1.82) is 0 Å².